The van der Waals surface area contributed by atoms with Gasteiger partial charge in [0.15, 0.2) is 10.9 Å². The minimum Gasteiger partial charge on any atom is -0.393 e. The summed E-state index contributed by atoms with van der Waals surface area (Å²) in [5, 5.41) is 11.1. The van der Waals surface area contributed by atoms with E-state index < -0.39 is 12.1 Å². The molecule has 3 saturated carbocycles. The fourth-order valence-electron chi connectivity index (χ4n) is 6.87. The van der Waals surface area contributed by atoms with Crippen LogP contribution in [0.5, 0.6) is 0 Å². The van der Waals surface area contributed by atoms with E-state index in [1.165, 1.54) is 0 Å². The molecule has 0 spiro atoms. The summed E-state index contributed by atoms with van der Waals surface area (Å²) in [6.45, 7) is 8.29. The Bertz CT molecular complexity index is 702. The topological polar surface area (TPSA) is 54.4 Å². The molecule has 4 aliphatic rings. The van der Waals surface area contributed by atoms with Gasteiger partial charge in [-0.25, -0.2) is 4.39 Å². The molecular weight excluding hydrogens is 375 g/mol. The van der Waals surface area contributed by atoms with Crippen LogP contribution in [0.3, 0.4) is 0 Å². The molecular formula is C23H33FO3S. The minimum absolute atomic E-state index is 0.0424. The molecule has 0 aromatic rings. The lowest BCUT2D eigenvalue weighted by molar-refractivity contribution is -0.132. The van der Waals surface area contributed by atoms with Crippen molar-refractivity contribution in [1.82, 2.24) is 0 Å². The van der Waals surface area contributed by atoms with Crippen LogP contribution in [0, 0.1) is 34.5 Å². The predicted octanol–water partition coefficient (Wildman–Crippen LogP) is 5.09. The summed E-state index contributed by atoms with van der Waals surface area (Å²) in [5.41, 5.74) is 0.631. The second-order valence-electron chi connectivity index (χ2n) is 9.00. The molecule has 4 aliphatic carbocycles. The molecule has 0 amide bonds. The van der Waals surface area contributed by atoms with E-state index in [0.717, 1.165) is 43.0 Å². The highest BCUT2D eigenvalue weighted by molar-refractivity contribution is 8.13. The molecule has 0 aliphatic heterocycles. The van der Waals surface area contributed by atoms with Crippen molar-refractivity contribution in [3.05, 3.63) is 23.8 Å². The van der Waals surface area contributed by atoms with Crippen LogP contribution in [-0.4, -0.2) is 28.1 Å². The molecule has 0 heterocycles. The van der Waals surface area contributed by atoms with Crippen LogP contribution < -0.4 is 0 Å². The minimum atomic E-state index is -0.671. The van der Waals surface area contributed by atoms with E-state index in [-0.39, 0.29) is 33.6 Å². The van der Waals surface area contributed by atoms with Gasteiger partial charge >= 0.3 is 0 Å². The Morgan fingerprint density at radius 3 is 2.68 bits per heavy atom. The number of hydrogen-bond acceptors (Lipinski definition) is 4. The van der Waals surface area contributed by atoms with Crippen LogP contribution in [0.1, 0.15) is 59.8 Å². The van der Waals surface area contributed by atoms with Crippen molar-refractivity contribution in [2.75, 3.05) is 6.01 Å². The second-order valence-corrected chi connectivity index (χ2v) is 9.91. The molecule has 1 N–H and O–H groups in total. The SMILES string of the molecule is CC.CC12C=CC(=O)C=C1CCC1C2C(O)CC2(C)C(C(=O)SCF)CCC12. The van der Waals surface area contributed by atoms with Crippen molar-refractivity contribution in [3.8, 4) is 0 Å². The number of thioether (sulfide) groups is 1. The first kappa shape index (κ1) is 21.8. The lowest BCUT2D eigenvalue weighted by Crippen LogP contribution is -2.56. The maximum atomic E-state index is 12.7. The summed E-state index contributed by atoms with van der Waals surface area (Å²) in [6.07, 6.45) is 9.11. The molecule has 7 unspecified atom stereocenters. The Morgan fingerprint density at radius 1 is 1.29 bits per heavy atom. The number of fused-ring (bicyclic) bond motifs is 5. The standard InChI is InChI=1S/C21H27FO3S.C2H6/c1-20-8-7-13(23)9-12(20)3-4-14-15-5-6-16(19(25)26-11-22)21(15,2)10-17(24)18(14)20;1-2/h7-9,14-18,24H,3-6,10-11H2,1-2H3;1-2H3. The monoisotopic (exact) mass is 408 g/mol. The van der Waals surface area contributed by atoms with Crippen molar-refractivity contribution in [3.63, 3.8) is 0 Å². The van der Waals surface area contributed by atoms with Crippen LogP contribution >= 0.6 is 11.8 Å². The fraction of sp³-hybridized carbons (Fsp3) is 0.739. The van der Waals surface area contributed by atoms with E-state index in [9.17, 15) is 19.1 Å². The molecule has 0 aromatic heterocycles. The van der Waals surface area contributed by atoms with E-state index in [4.69, 9.17) is 0 Å². The van der Waals surface area contributed by atoms with Crippen LogP contribution in [-0.2, 0) is 9.59 Å². The predicted molar refractivity (Wildman–Crippen MR) is 111 cm³/mol. The van der Waals surface area contributed by atoms with Gasteiger partial charge < -0.3 is 5.11 Å². The van der Waals surface area contributed by atoms with Crippen LogP contribution in [0.25, 0.3) is 0 Å². The third-order valence-corrected chi connectivity index (χ3v) is 8.65. The second kappa shape index (κ2) is 8.06. The number of aliphatic hydroxyl groups is 1. The average Bonchev–Trinajstić information content (AvgIpc) is 3.00. The van der Waals surface area contributed by atoms with Gasteiger partial charge in [-0.15, -0.1) is 0 Å². The van der Waals surface area contributed by atoms with Crippen LogP contribution in [0.4, 0.5) is 4.39 Å². The number of halogens is 1. The van der Waals surface area contributed by atoms with E-state index in [0.29, 0.717) is 18.3 Å². The summed E-state index contributed by atoms with van der Waals surface area (Å²) in [4.78, 5) is 24.3. The molecule has 0 bridgehead atoms. The number of aliphatic hydroxyl groups excluding tert-OH is 1. The molecule has 3 fully saturated rings. The molecule has 0 aromatic carbocycles. The Hall–Kier alpha value is -0.940. The third-order valence-electron chi connectivity index (χ3n) is 7.97. The maximum absolute atomic E-state index is 12.7. The summed E-state index contributed by atoms with van der Waals surface area (Å²) >= 11 is 0.786. The van der Waals surface area contributed by atoms with Gasteiger partial charge in [0, 0.05) is 17.3 Å². The van der Waals surface area contributed by atoms with Gasteiger partial charge in [-0.2, -0.15) is 0 Å². The highest BCUT2D eigenvalue weighted by atomic mass is 32.2. The fourth-order valence-corrected chi connectivity index (χ4v) is 7.56. The molecule has 4 rings (SSSR count). The number of allylic oxidation sites excluding steroid dienone is 4. The number of hydrogen-bond donors (Lipinski definition) is 1. The largest absolute Gasteiger partial charge is 0.393 e. The average molecular weight is 409 g/mol. The van der Waals surface area contributed by atoms with Crippen molar-refractivity contribution in [2.24, 2.45) is 34.5 Å². The van der Waals surface area contributed by atoms with E-state index in [1.54, 1.807) is 12.2 Å². The summed E-state index contributed by atoms with van der Waals surface area (Å²) in [5.74, 6) is 0.705. The van der Waals surface area contributed by atoms with Crippen molar-refractivity contribution in [1.29, 1.82) is 0 Å². The van der Waals surface area contributed by atoms with Crippen molar-refractivity contribution >= 4 is 22.7 Å². The smallest absolute Gasteiger partial charge is 0.195 e. The molecule has 0 radical (unpaired) electrons. The normalized spacial score (nSPS) is 43.9. The first-order valence-corrected chi connectivity index (χ1v) is 11.6. The van der Waals surface area contributed by atoms with Gasteiger partial charge in [0.2, 0.25) is 0 Å². The van der Waals surface area contributed by atoms with Gasteiger partial charge in [-0.3, -0.25) is 9.59 Å². The third kappa shape index (κ3) is 3.23. The van der Waals surface area contributed by atoms with E-state index in [2.05, 4.69) is 13.8 Å². The highest BCUT2D eigenvalue weighted by Gasteiger charge is 2.62. The lowest BCUT2D eigenvalue weighted by Gasteiger charge is -2.58. The first-order chi connectivity index (χ1) is 13.3. The first-order valence-electron chi connectivity index (χ1n) is 10.7. The zero-order valence-electron chi connectivity index (χ0n) is 17.4. The maximum Gasteiger partial charge on any atom is 0.195 e. The van der Waals surface area contributed by atoms with Crippen LogP contribution in [0.2, 0.25) is 0 Å². The van der Waals surface area contributed by atoms with Gasteiger partial charge in [0.25, 0.3) is 0 Å². The number of carbonyl (C=O) groups excluding carboxylic acids is 2. The quantitative estimate of drug-likeness (QED) is 0.691. The number of alkyl halides is 1. The highest BCUT2D eigenvalue weighted by Crippen LogP contribution is 2.66. The Kier molecular flexibility index (Phi) is 6.26. The van der Waals surface area contributed by atoms with Gasteiger partial charge in [0.05, 0.1) is 6.10 Å². The Morgan fingerprint density at radius 2 is 2.00 bits per heavy atom. The van der Waals surface area contributed by atoms with E-state index >= 15 is 0 Å². The molecule has 28 heavy (non-hydrogen) atoms. The van der Waals surface area contributed by atoms with Gasteiger partial charge in [0.1, 0.15) is 6.01 Å². The molecule has 0 saturated heterocycles. The molecule has 5 heteroatoms. The summed E-state index contributed by atoms with van der Waals surface area (Å²) in [6, 6.07) is -0.671. The zero-order chi connectivity index (χ0) is 20.7. The van der Waals surface area contributed by atoms with Crippen LogP contribution in [0.15, 0.2) is 23.8 Å². The summed E-state index contributed by atoms with van der Waals surface area (Å²) in [7, 11) is 0. The molecule has 7 atom stereocenters. The van der Waals surface area contributed by atoms with Crippen molar-refractivity contribution in [2.45, 2.75) is 65.9 Å². The number of rotatable bonds is 2. The van der Waals surface area contributed by atoms with Gasteiger partial charge in [-0.05, 0) is 61.5 Å². The molecule has 156 valence electrons. The zero-order valence-corrected chi connectivity index (χ0v) is 18.2. The Labute approximate surface area is 172 Å². The summed E-state index contributed by atoms with van der Waals surface area (Å²) < 4.78 is 12.7. The Balaban J connectivity index is 0.00000109. The molecule has 3 nitrogen and oxygen atoms in total. The number of carbonyl (C=O) groups is 2. The van der Waals surface area contributed by atoms with E-state index in [1.807, 2.05) is 19.9 Å². The number of ketones is 1. The van der Waals surface area contributed by atoms with Crippen molar-refractivity contribution < 1.29 is 19.1 Å². The van der Waals surface area contributed by atoms with Gasteiger partial charge in [-0.1, -0.05) is 51.1 Å². The lowest BCUT2D eigenvalue weighted by atomic mass is 9.47.